The van der Waals surface area contributed by atoms with Gasteiger partial charge in [0.05, 0.1) is 5.75 Å². The van der Waals surface area contributed by atoms with E-state index in [4.69, 9.17) is 0 Å². The number of sulfonamides is 1. The normalized spacial score (nSPS) is 16.6. The summed E-state index contributed by atoms with van der Waals surface area (Å²) in [7, 11) is -3.29. The maximum absolute atomic E-state index is 12.7. The fourth-order valence-corrected chi connectivity index (χ4v) is 4.90. The van der Waals surface area contributed by atoms with E-state index in [1.54, 1.807) is 8.82 Å². The second-order valence-electron chi connectivity index (χ2n) is 6.80. The molecule has 8 nitrogen and oxygen atoms in total. The predicted molar refractivity (Wildman–Crippen MR) is 103 cm³/mol. The van der Waals surface area contributed by atoms with Crippen molar-refractivity contribution in [1.29, 1.82) is 0 Å². The summed E-state index contributed by atoms with van der Waals surface area (Å²) in [5, 5.41) is 15.9. The molecule has 9 heteroatoms. The number of piperidine rings is 1. The third kappa shape index (κ3) is 3.93. The van der Waals surface area contributed by atoms with Crippen LogP contribution in [0, 0.1) is 6.92 Å². The fourth-order valence-electron chi connectivity index (χ4n) is 3.34. The molecule has 1 saturated heterocycles. The number of hydrogen-bond acceptors (Lipinski definition) is 6. The zero-order chi connectivity index (χ0) is 18.9. The average molecular weight is 386 g/mol. The van der Waals surface area contributed by atoms with E-state index >= 15 is 0 Å². The molecule has 0 amide bonds. The Morgan fingerprint density at radius 1 is 1.07 bits per heavy atom. The van der Waals surface area contributed by atoms with Gasteiger partial charge in [0.25, 0.3) is 0 Å². The molecular weight excluding hydrogens is 364 g/mol. The van der Waals surface area contributed by atoms with Gasteiger partial charge < -0.3 is 5.32 Å². The van der Waals surface area contributed by atoms with Crippen molar-refractivity contribution < 1.29 is 8.42 Å². The highest BCUT2D eigenvalue weighted by molar-refractivity contribution is 7.88. The van der Waals surface area contributed by atoms with Gasteiger partial charge in [-0.05, 0) is 37.5 Å². The lowest BCUT2D eigenvalue weighted by Gasteiger charge is -2.31. The van der Waals surface area contributed by atoms with Gasteiger partial charge in [0.1, 0.15) is 5.82 Å². The predicted octanol–water partition coefficient (Wildman–Crippen LogP) is 1.84. The number of nitrogens with one attached hydrogen (secondary N) is 1. The van der Waals surface area contributed by atoms with Crippen LogP contribution in [0.1, 0.15) is 24.2 Å². The highest BCUT2D eigenvalue weighted by Gasteiger charge is 2.28. The van der Waals surface area contributed by atoms with Crippen LogP contribution in [0.15, 0.2) is 42.5 Å². The third-order valence-electron chi connectivity index (χ3n) is 4.81. The third-order valence-corrected chi connectivity index (χ3v) is 6.66. The largest absolute Gasteiger partial charge is 0.366 e. The molecule has 0 saturated carbocycles. The molecule has 4 rings (SSSR count). The van der Waals surface area contributed by atoms with Crippen molar-refractivity contribution in [3.8, 4) is 0 Å². The minimum absolute atomic E-state index is 0.0526. The molecule has 0 spiro atoms. The van der Waals surface area contributed by atoms with Gasteiger partial charge in [-0.2, -0.15) is 4.52 Å². The van der Waals surface area contributed by atoms with Gasteiger partial charge in [-0.1, -0.05) is 30.3 Å². The van der Waals surface area contributed by atoms with Crippen LogP contribution in [-0.4, -0.2) is 51.7 Å². The first-order valence-corrected chi connectivity index (χ1v) is 10.6. The molecule has 0 bridgehead atoms. The Hall–Kier alpha value is -2.52. The Labute approximate surface area is 158 Å². The van der Waals surface area contributed by atoms with E-state index in [-0.39, 0.29) is 11.8 Å². The average Bonchev–Trinajstić information content (AvgIpc) is 3.03. The van der Waals surface area contributed by atoms with Gasteiger partial charge in [0.2, 0.25) is 10.0 Å². The van der Waals surface area contributed by atoms with Crippen LogP contribution in [0.25, 0.3) is 5.65 Å². The molecule has 2 aromatic heterocycles. The monoisotopic (exact) mass is 386 g/mol. The molecule has 1 N–H and O–H groups in total. The van der Waals surface area contributed by atoms with Crippen LogP contribution in [-0.2, 0) is 15.8 Å². The molecule has 1 aromatic carbocycles. The highest BCUT2D eigenvalue weighted by Crippen LogP contribution is 2.20. The molecule has 0 unspecified atom stereocenters. The number of rotatable bonds is 5. The molecular formula is C18H22N6O2S. The summed E-state index contributed by atoms with van der Waals surface area (Å²) in [5.74, 6) is 1.53. The first-order valence-electron chi connectivity index (χ1n) is 8.99. The molecule has 0 aliphatic carbocycles. The van der Waals surface area contributed by atoms with Crippen LogP contribution in [0.3, 0.4) is 0 Å². The number of hydrogen-bond donors (Lipinski definition) is 1. The summed E-state index contributed by atoms with van der Waals surface area (Å²) in [6.45, 7) is 2.88. The smallest absolute Gasteiger partial charge is 0.218 e. The highest BCUT2D eigenvalue weighted by atomic mass is 32.2. The lowest BCUT2D eigenvalue weighted by Crippen LogP contribution is -2.42. The van der Waals surface area contributed by atoms with E-state index in [2.05, 4.69) is 20.6 Å². The Balaban J connectivity index is 1.37. The van der Waals surface area contributed by atoms with E-state index in [9.17, 15) is 8.42 Å². The first kappa shape index (κ1) is 17.9. The summed E-state index contributed by atoms with van der Waals surface area (Å²) in [6.07, 6.45) is 1.49. The van der Waals surface area contributed by atoms with Crippen LogP contribution in [0.4, 0.5) is 5.82 Å². The van der Waals surface area contributed by atoms with Crippen LogP contribution >= 0.6 is 0 Å². The van der Waals surface area contributed by atoms with Gasteiger partial charge in [-0.3, -0.25) is 0 Å². The number of benzene rings is 1. The van der Waals surface area contributed by atoms with Crippen LogP contribution in [0.2, 0.25) is 0 Å². The SMILES string of the molecule is Cc1nnc2ccc(NC3CCN(S(=O)(=O)Cc4ccccc4)CC3)nn12. The molecule has 3 aromatic rings. The van der Waals surface area contributed by atoms with Crippen molar-refractivity contribution in [2.75, 3.05) is 18.4 Å². The Kier molecular flexibility index (Phi) is 4.79. The van der Waals surface area contributed by atoms with E-state index in [0.29, 0.717) is 18.7 Å². The Bertz CT molecular complexity index is 1030. The van der Waals surface area contributed by atoms with E-state index in [0.717, 1.165) is 30.0 Å². The van der Waals surface area contributed by atoms with Gasteiger partial charge in [-0.25, -0.2) is 12.7 Å². The van der Waals surface area contributed by atoms with Crippen molar-refractivity contribution in [3.63, 3.8) is 0 Å². The zero-order valence-electron chi connectivity index (χ0n) is 15.1. The minimum Gasteiger partial charge on any atom is -0.366 e. The summed E-state index contributed by atoms with van der Waals surface area (Å²) in [6, 6.07) is 13.2. The number of fused-ring (bicyclic) bond motifs is 1. The van der Waals surface area contributed by atoms with Crippen molar-refractivity contribution >= 4 is 21.5 Å². The lowest BCUT2D eigenvalue weighted by atomic mass is 10.1. The zero-order valence-corrected chi connectivity index (χ0v) is 15.9. The maximum atomic E-state index is 12.7. The van der Waals surface area contributed by atoms with Crippen molar-refractivity contribution in [2.24, 2.45) is 0 Å². The van der Waals surface area contributed by atoms with Gasteiger partial charge in [0.15, 0.2) is 11.5 Å². The van der Waals surface area contributed by atoms with E-state index in [1.807, 2.05) is 49.4 Å². The Morgan fingerprint density at radius 2 is 1.81 bits per heavy atom. The number of nitrogens with zero attached hydrogens (tertiary/aromatic N) is 5. The quantitative estimate of drug-likeness (QED) is 0.719. The topological polar surface area (TPSA) is 92.5 Å². The summed E-state index contributed by atoms with van der Waals surface area (Å²) >= 11 is 0. The molecule has 0 atom stereocenters. The molecule has 3 heterocycles. The summed E-state index contributed by atoms with van der Waals surface area (Å²) in [4.78, 5) is 0. The molecule has 1 aliphatic rings. The van der Waals surface area contributed by atoms with E-state index in [1.165, 1.54) is 0 Å². The van der Waals surface area contributed by atoms with Crippen molar-refractivity contribution in [2.45, 2.75) is 31.6 Å². The van der Waals surface area contributed by atoms with Gasteiger partial charge >= 0.3 is 0 Å². The summed E-state index contributed by atoms with van der Waals surface area (Å²) in [5.41, 5.74) is 1.53. The summed E-state index contributed by atoms with van der Waals surface area (Å²) < 4.78 is 28.6. The fraction of sp³-hybridized carbons (Fsp3) is 0.389. The lowest BCUT2D eigenvalue weighted by molar-refractivity contribution is 0.329. The first-order chi connectivity index (χ1) is 13.0. The molecule has 142 valence electrons. The Morgan fingerprint density at radius 3 is 2.56 bits per heavy atom. The van der Waals surface area contributed by atoms with Crippen molar-refractivity contribution in [1.82, 2.24) is 24.1 Å². The minimum atomic E-state index is -3.29. The number of anilines is 1. The molecule has 27 heavy (non-hydrogen) atoms. The molecule has 1 aliphatic heterocycles. The van der Waals surface area contributed by atoms with Gasteiger partial charge in [-0.15, -0.1) is 15.3 Å². The maximum Gasteiger partial charge on any atom is 0.218 e. The van der Waals surface area contributed by atoms with E-state index < -0.39 is 10.0 Å². The number of aromatic nitrogens is 4. The molecule has 0 radical (unpaired) electrons. The second kappa shape index (κ2) is 7.24. The van der Waals surface area contributed by atoms with Crippen LogP contribution < -0.4 is 5.32 Å². The van der Waals surface area contributed by atoms with Gasteiger partial charge in [0, 0.05) is 19.1 Å². The van der Waals surface area contributed by atoms with Crippen LogP contribution in [0.5, 0.6) is 0 Å². The van der Waals surface area contributed by atoms with Crippen molar-refractivity contribution in [3.05, 3.63) is 53.9 Å². The molecule has 1 fully saturated rings. The number of aryl methyl sites for hydroxylation is 1. The second-order valence-corrected chi connectivity index (χ2v) is 8.76. The standard InChI is InChI=1S/C18H22N6O2S/c1-14-20-21-18-8-7-17(22-24(14)18)19-16-9-11-23(12-10-16)27(25,26)13-15-5-3-2-4-6-15/h2-8,16H,9-13H2,1H3,(H,19,22).